The fraction of sp³-hybridized carbons (Fsp3) is 0.438. The molecule has 0 amide bonds. The van der Waals surface area contributed by atoms with E-state index >= 15 is 0 Å². The molecule has 0 spiro atoms. The van der Waals surface area contributed by atoms with Crippen molar-refractivity contribution in [1.82, 2.24) is 4.90 Å². The maximum absolute atomic E-state index is 11.9. The summed E-state index contributed by atoms with van der Waals surface area (Å²) in [4.78, 5) is 14.0. The zero-order valence-corrected chi connectivity index (χ0v) is 11.8. The van der Waals surface area contributed by atoms with Gasteiger partial charge in [-0.1, -0.05) is 12.1 Å². The van der Waals surface area contributed by atoms with Gasteiger partial charge in [0.1, 0.15) is 5.75 Å². The van der Waals surface area contributed by atoms with Gasteiger partial charge in [0.2, 0.25) is 0 Å². The van der Waals surface area contributed by atoms with Crippen LogP contribution in [0.2, 0.25) is 0 Å². The van der Waals surface area contributed by atoms with E-state index in [0.29, 0.717) is 6.42 Å². The van der Waals surface area contributed by atoms with Crippen molar-refractivity contribution < 1.29 is 9.53 Å². The highest BCUT2D eigenvalue weighted by molar-refractivity contribution is 6.00. The zero-order chi connectivity index (χ0) is 13.8. The van der Waals surface area contributed by atoms with E-state index in [1.807, 2.05) is 51.2 Å². The first-order valence-corrected chi connectivity index (χ1v) is 6.73. The Morgan fingerprint density at radius 1 is 1.37 bits per heavy atom. The molecule has 3 heteroatoms. The third kappa shape index (κ3) is 3.93. The van der Waals surface area contributed by atoms with Crippen LogP contribution in [-0.4, -0.2) is 36.9 Å². The third-order valence-corrected chi connectivity index (χ3v) is 3.09. The Bertz CT molecular complexity index is 491. The fourth-order valence-corrected chi connectivity index (χ4v) is 2.19. The maximum atomic E-state index is 11.9. The number of Topliss-reactive ketones (excluding diaryl/α,β-unsaturated/α-hetero) is 1. The molecule has 0 radical (unpaired) electrons. The zero-order valence-electron chi connectivity index (χ0n) is 11.8. The van der Waals surface area contributed by atoms with Crippen LogP contribution in [-0.2, 0) is 4.79 Å². The van der Waals surface area contributed by atoms with Crippen LogP contribution >= 0.6 is 0 Å². The summed E-state index contributed by atoms with van der Waals surface area (Å²) in [6.07, 6.45) is 2.75. The molecule has 1 fully saturated rings. The first-order chi connectivity index (χ1) is 9.04. The van der Waals surface area contributed by atoms with Gasteiger partial charge in [0.25, 0.3) is 0 Å². The minimum atomic E-state index is 0.158. The van der Waals surface area contributed by atoms with Gasteiger partial charge in [0, 0.05) is 25.1 Å². The minimum absolute atomic E-state index is 0.158. The van der Waals surface area contributed by atoms with Crippen LogP contribution in [0, 0.1) is 0 Å². The molecule has 0 bridgehead atoms. The molecule has 0 unspecified atom stereocenters. The molecule has 0 aromatic heterocycles. The van der Waals surface area contributed by atoms with Crippen LogP contribution in [0.3, 0.4) is 0 Å². The molecule has 19 heavy (non-hydrogen) atoms. The standard InChI is InChI=1S/C16H21NO2/c1-12(2)19-15-6-4-5-13(10-15)9-14-11-17(3)8-7-16(14)18/h4-6,9-10,12H,7-8,11H2,1-3H3/b14-9+. The Labute approximate surface area is 114 Å². The van der Waals surface area contributed by atoms with E-state index in [4.69, 9.17) is 4.74 Å². The molecule has 1 aromatic rings. The Morgan fingerprint density at radius 3 is 2.89 bits per heavy atom. The third-order valence-electron chi connectivity index (χ3n) is 3.09. The lowest BCUT2D eigenvalue weighted by Gasteiger charge is -2.23. The second-order valence-corrected chi connectivity index (χ2v) is 5.32. The number of nitrogens with zero attached hydrogens (tertiary/aromatic N) is 1. The van der Waals surface area contributed by atoms with E-state index < -0.39 is 0 Å². The van der Waals surface area contributed by atoms with Gasteiger partial charge in [-0.15, -0.1) is 0 Å². The number of piperidine rings is 1. The molecule has 2 rings (SSSR count). The first-order valence-electron chi connectivity index (χ1n) is 6.73. The van der Waals surface area contributed by atoms with E-state index in [2.05, 4.69) is 4.90 Å². The van der Waals surface area contributed by atoms with E-state index in [1.54, 1.807) is 0 Å². The predicted molar refractivity (Wildman–Crippen MR) is 77.3 cm³/mol. The largest absolute Gasteiger partial charge is 0.491 e. The lowest BCUT2D eigenvalue weighted by molar-refractivity contribution is -0.117. The SMILES string of the molecule is CC(C)Oc1cccc(/C=C2\CN(C)CCC2=O)c1. The highest BCUT2D eigenvalue weighted by atomic mass is 16.5. The van der Waals surface area contributed by atoms with Crippen molar-refractivity contribution in [3.8, 4) is 5.75 Å². The smallest absolute Gasteiger partial charge is 0.161 e. The lowest BCUT2D eigenvalue weighted by Crippen LogP contribution is -2.32. The molecule has 1 aromatic carbocycles. The van der Waals surface area contributed by atoms with Gasteiger partial charge < -0.3 is 9.64 Å². The summed E-state index contributed by atoms with van der Waals surface area (Å²) in [7, 11) is 2.04. The van der Waals surface area contributed by atoms with Gasteiger partial charge in [0.05, 0.1) is 6.10 Å². The number of rotatable bonds is 3. The van der Waals surface area contributed by atoms with Crippen molar-refractivity contribution in [2.45, 2.75) is 26.4 Å². The topological polar surface area (TPSA) is 29.5 Å². The molecule has 1 saturated heterocycles. The normalized spacial score (nSPS) is 19.2. The quantitative estimate of drug-likeness (QED) is 0.782. The second kappa shape index (κ2) is 6.02. The first kappa shape index (κ1) is 13.8. The fourth-order valence-electron chi connectivity index (χ4n) is 2.19. The molecule has 1 aliphatic heterocycles. The van der Waals surface area contributed by atoms with Crippen LogP contribution in [0.25, 0.3) is 6.08 Å². The summed E-state index contributed by atoms with van der Waals surface area (Å²) >= 11 is 0. The van der Waals surface area contributed by atoms with Crippen molar-refractivity contribution in [1.29, 1.82) is 0 Å². The number of hydrogen-bond donors (Lipinski definition) is 0. The van der Waals surface area contributed by atoms with E-state index in [-0.39, 0.29) is 11.9 Å². The summed E-state index contributed by atoms with van der Waals surface area (Å²) in [5.41, 5.74) is 1.91. The molecular formula is C16H21NO2. The highest BCUT2D eigenvalue weighted by Crippen LogP contribution is 2.19. The number of ketones is 1. The van der Waals surface area contributed by atoms with E-state index in [9.17, 15) is 4.79 Å². The molecule has 1 aliphatic rings. The molecule has 0 aliphatic carbocycles. The minimum Gasteiger partial charge on any atom is -0.491 e. The molecule has 0 N–H and O–H groups in total. The summed E-state index contributed by atoms with van der Waals surface area (Å²) in [5, 5.41) is 0. The highest BCUT2D eigenvalue weighted by Gasteiger charge is 2.18. The van der Waals surface area contributed by atoms with Crippen molar-refractivity contribution in [2.24, 2.45) is 0 Å². The molecule has 1 heterocycles. The van der Waals surface area contributed by atoms with Gasteiger partial charge in [-0.05, 0) is 44.7 Å². The van der Waals surface area contributed by atoms with Crippen molar-refractivity contribution in [3.05, 3.63) is 35.4 Å². The number of likely N-dealkylation sites (tertiary alicyclic amines) is 1. The molecule has 102 valence electrons. The van der Waals surface area contributed by atoms with Gasteiger partial charge >= 0.3 is 0 Å². The van der Waals surface area contributed by atoms with Gasteiger partial charge in [-0.2, -0.15) is 0 Å². The van der Waals surface area contributed by atoms with Crippen LogP contribution in [0.15, 0.2) is 29.8 Å². The Hall–Kier alpha value is -1.61. The van der Waals surface area contributed by atoms with E-state index in [0.717, 1.165) is 30.0 Å². The maximum Gasteiger partial charge on any atom is 0.161 e. The Balaban J connectivity index is 2.19. The number of carbonyl (C=O) groups is 1. The van der Waals surface area contributed by atoms with Gasteiger partial charge in [-0.25, -0.2) is 0 Å². The number of hydrogen-bond acceptors (Lipinski definition) is 3. The predicted octanol–water partition coefficient (Wildman–Crippen LogP) is 2.76. The van der Waals surface area contributed by atoms with Crippen molar-refractivity contribution in [2.75, 3.05) is 20.1 Å². The summed E-state index contributed by atoms with van der Waals surface area (Å²) < 4.78 is 5.67. The molecule has 0 saturated carbocycles. The van der Waals surface area contributed by atoms with Gasteiger partial charge in [0.15, 0.2) is 5.78 Å². The van der Waals surface area contributed by atoms with Crippen molar-refractivity contribution >= 4 is 11.9 Å². The molecular weight excluding hydrogens is 238 g/mol. The number of carbonyl (C=O) groups excluding carboxylic acids is 1. The summed E-state index contributed by atoms with van der Waals surface area (Å²) in [6.45, 7) is 5.59. The average Bonchev–Trinajstić information content (AvgIpc) is 2.33. The van der Waals surface area contributed by atoms with Crippen LogP contribution in [0.4, 0.5) is 0 Å². The summed E-state index contributed by atoms with van der Waals surface area (Å²) in [6, 6.07) is 7.88. The van der Waals surface area contributed by atoms with Crippen LogP contribution < -0.4 is 4.74 Å². The average molecular weight is 259 g/mol. The number of likely N-dealkylation sites (N-methyl/N-ethyl adjacent to an activating group) is 1. The Kier molecular flexibility index (Phi) is 4.38. The molecule has 0 atom stereocenters. The number of ether oxygens (including phenoxy) is 1. The van der Waals surface area contributed by atoms with Crippen LogP contribution in [0.5, 0.6) is 5.75 Å². The Morgan fingerprint density at radius 2 is 2.16 bits per heavy atom. The lowest BCUT2D eigenvalue weighted by atomic mass is 10.0. The van der Waals surface area contributed by atoms with E-state index in [1.165, 1.54) is 0 Å². The van der Waals surface area contributed by atoms with Crippen molar-refractivity contribution in [3.63, 3.8) is 0 Å². The number of benzene rings is 1. The van der Waals surface area contributed by atoms with Gasteiger partial charge in [-0.3, -0.25) is 4.79 Å². The van der Waals surface area contributed by atoms with Crippen LogP contribution in [0.1, 0.15) is 25.8 Å². The monoisotopic (exact) mass is 259 g/mol. The summed E-state index contributed by atoms with van der Waals surface area (Å²) in [5.74, 6) is 1.11. The molecule has 3 nitrogen and oxygen atoms in total. The second-order valence-electron chi connectivity index (χ2n) is 5.32.